The number of benzene rings is 2. The Labute approximate surface area is 110 Å². The van der Waals surface area contributed by atoms with Crippen LogP contribution in [-0.4, -0.2) is 25.3 Å². The number of carbonyl (C=O) groups excluding carboxylic acids is 1. The summed E-state index contributed by atoms with van der Waals surface area (Å²) in [6.07, 6.45) is -0.686. The van der Waals surface area contributed by atoms with Crippen molar-refractivity contribution in [2.24, 2.45) is 0 Å². The lowest BCUT2D eigenvalue weighted by Crippen LogP contribution is -2.37. The van der Waals surface area contributed by atoms with E-state index < -0.39 is 6.10 Å². The minimum atomic E-state index is -0.686. The molecular formula is C15H14O4. The first-order valence-corrected chi connectivity index (χ1v) is 6.27. The van der Waals surface area contributed by atoms with E-state index in [1.54, 1.807) is 6.92 Å². The van der Waals surface area contributed by atoms with Crippen molar-refractivity contribution in [1.82, 2.24) is 0 Å². The Kier molecular flexibility index (Phi) is 2.99. The Hall–Kier alpha value is -2.23. The monoisotopic (exact) mass is 258 g/mol. The van der Waals surface area contributed by atoms with E-state index >= 15 is 0 Å². The van der Waals surface area contributed by atoms with Gasteiger partial charge in [0.25, 0.3) is 0 Å². The molecule has 0 N–H and O–H groups in total. The van der Waals surface area contributed by atoms with Gasteiger partial charge in [0, 0.05) is 0 Å². The molecule has 1 aliphatic rings. The predicted octanol–water partition coefficient (Wildman–Crippen LogP) is 2.54. The molecule has 0 aromatic heterocycles. The molecule has 0 fully saturated rings. The quantitative estimate of drug-likeness (QED) is 0.776. The third kappa shape index (κ3) is 2.21. The first kappa shape index (κ1) is 11.8. The van der Waals surface area contributed by atoms with Crippen molar-refractivity contribution >= 4 is 16.7 Å². The summed E-state index contributed by atoms with van der Waals surface area (Å²) in [7, 11) is 0. The molecule has 98 valence electrons. The summed E-state index contributed by atoms with van der Waals surface area (Å²) in [5.74, 6) is 0.864. The lowest BCUT2D eigenvalue weighted by molar-refractivity contribution is -0.153. The summed E-state index contributed by atoms with van der Waals surface area (Å²) in [6.45, 7) is 2.29. The molecule has 2 aromatic carbocycles. The van der Waals surface area contributed by atoms with E-state index in [2.05, 4.69) is 0 Å². The zero-order valence-electron chi connectivity index (χ0n) is 10.6. The molecule has 0 aliphatic carbocycles. The molecule has 0 amide bonds. The van der Waals surface area contributed by atoms with Gasteiger partial charge in [0.05, 0.1) is 6.61 Å². The summed E-state index contributed by atoms with van der Waals surface area (Å²) in [5.41, 5.74) is 0. The van der Waals surface area contributed by atoms with Crippen LogP contribution < -0.4 is 9.47 Å². The van der Waals surface area contributed by atoms with Crippen LogP contribution in [0.2, 0.25) is 0 Å². The Morgan fingerprint density at radius 1 is 1.26 bits per heavy atom. The van der Waals surface area contributed by atoms with E-state index in [-0.39, 0.29) is 12.6 Å². The molecule has 4 nitrogen and oxygen atoms in total. The molecular weight excluding hydrogens is 244 g/mol. The topological polar surface area (TPSA) is 44.8 Å². The highest BCUT2D eigenvalue weighted by molar-refractivity contribution is 5.86. The highest BCUT2D eigenvalue weighted by atomic mass is 16.6. The van der Waals surface area contributed by atoms with Crippen LogP contribution in [0.5, 0.6) is 11.5 Å². The molecule has 4 heteroatoms. The molecule has 0 bridgehead atoms. The Bertz CT molecular complexity index is 621. The zero-order valence-corrected chi connectivity index (χ0v) is 10.6. The fourth-order valence-corrected chi connectivity index (χ4v) is 2.11. The highest BCUT2D eigenvalue weighted by Gasteiger charge is 2.28. The number of fused-ring (bicyclic) bond motifs is 2. The SMILES string of the molecule is CCOC(=O)[C@H]1COc2cc3ccccc3cc2O1. The maximum atomic E-state index is 11.6. The van der Waals surface area contributed by atoms with Crippen molar-refractivity contribution in [2.75, 3.05) is 13.2 Å². The average Bonchev–Trinajstić information content (AvgIpc) is 2.44. The predicted molar refractivity (Wildman–Crippen MR) is 70.5 cm³/mol. The Morgan fingerprint density at radius 2 is 1.95 bits per heavy atom. The summed E-state index contributed by atoms with van der Waals surface area (Å²) < 4.78 is 16.2. The lowest BCUT2D eigenvalue weighted by Gasteiger charge is -2.25. The second-order valence-corrected chi connectivity index (χ2v) is 4.32. The van der Waals surface area contributed by atoms with Crippen LogP contribution in [0, 0.1) is 0 Å². The minimum Gasteiger partial charge on any atom is -0.485 e. The summed E-state index contributed by atoms with van der Waals surface area (Å²) in [5, 5.41) is 2.13. The Morgan fingerprint density at radius 3 is 2.63 bits per heavy atom. The van der Waals surface area contributed by atoms with E-state index in [0.717, 1.165) is 10.8 Å². The molecule has 0 spiro atoms. The molecule has 0 radical (unpaired) electrons. The number of hydrogen-bond acceptors (Lipinski definition) is 4. The molecule has 1 heterocycles. The van der Waals surface area contributed by atoms with E-state index in [9.17, 15) is 4.79 Å². The molecule has 0 saturated heterocycles. The molecule has 0 unspecified atom stereocenters. The highest BCUT2D eigenvalue weighted by Crippen LogP contribution is 2.35. The second kappa shape index (κ2) is 4.80. The Balaban J connectivity index is 1.92. The minimum absolute atomic E-state index is 0.185. The van der Waals surface area contributed by atoms with Crippen LogP contribution in [0.1, 0.15) is 6.92 Å². The van der Waals surface area contributed by atoms with Gasteiger partial charge in [-0.05, 0) is 29.8 Å². The van der Waals surface area contributed by atoms with Gasteiger partial charge in [0.2, 0.25) is 6.10 Å². The van der Waals surface area contributed by atoms with E-state index in [1.165, 1.54) is 0 Å². The van der Waals surface area contributed by atoms with Gasteiger partial charge in [-0.25, -0.2) is 4.79 Å². The largest absolute Gasteiger partial charge is 0.485 e. The van der Waals surface area contributed by atoms with Crippen LogP contribution in [0.3, 0.4) is 0 Å². The summed E-state index contributed by atoms with van der Waals surface area (Å²) in [6, 6.07) is 11.7. The summed E-state index contributed by atoms with van der Waals surface area (Å²) in [4.78, 5) is 11.6. The number of esters is 1. The van der Waals surface area contributed by atoms with Gasteiger partial charge in [-0.2, -0.15) is 0 Å². The van der Waals surface area contributed by atoms with Gasteiger partial charge < -0.3 is 14.2 Å². The maximum absolute atomic E-state index is 11.6. The fourth-order valence-electron chi connectivity index (χ4n) is 2.11. The normalized spacial score (nSPS) is 17.2. The second-order valence-electron chi connectivity index (χ2n) is 4.32. The molecule has 0 saturated carbocycles. The van der Waals surface area contributed by atoms with Crippen LogP contribution in [0.4, 0.5) is 0 Å². The van der Waals surface area contributed by atoms with Crippen molar-refractivity contribution in [3.05, 3.63) is 36.4 Å². The number of rotatable bonds is 2. The van der Waals surface area contributed by atoms with E-state index in [4.69, 9.17) is 14.2 Å². The third-order valence-electron chi connectivity index (χ3n) is 3.02. The number of ether oxygens (including phenoxy) is 3. The standard InChI is InChI=1S/C15H14O4/c1-2-17-15(16)14-9-18-12-7-10-5-3-4-6-11(10)8-13(12)19-14/h3-8,14H,2,9H2,1H3/t14-/m1/s1. The van der Waals surface area contributed by atoms with Crippen molar-refractivity contribution in [3.63, 3.8) is 0 Å². The first-order chi connectivity index (χ1) is 9.28. The van der Waals surface area contributed by atoms with Crippen LogP contribution in [0.15, 0.2) is 36.4 Å². The number of hydrogen-bond donors (Lipinski definition) is 0. The zero-order chi connectivity index (χ0) is 13.2. The van der Waals surface area contributed by atoms with Crippen LogP contribution in [-0.2, 0) is 9.53 Å². The van der Waals surface area contributed by atoms with Crippen molar-refractivity contribution in [1.29, 1.82) is 0 Å². The van der Waals surface area contributed by atoms with Gasteiger partial charge in [-0.3, -0.25) is 0 Å². The molecule has 1 atom stereocenters. The van der Waals surface area contributed by atoms with Crippen LogP contribution in [0.25, 0.3) is 10.8 Å². The molecule has 3 rings (SSSR count). The van der Waals surface area contributed by atoms with Crippen molar-refractivity contribution in [2.45, 2.75) is 13.0 Å². The maximum Gasteiger partial charge on any atom is 0.350 e. The van der Waals surface area contributed by atoms with Gasteiger partial charge >= 0.3 is 5.97 Å². The fraction of sp³-hybridized carbons (Fsp3) is 0.267. The van der Waals surface area contributed by atoms with Crippen LogP contribution >= 0.6 is 0 Å². The molecule has 2 aromatic rings. The van der Waals surface area contributed by atoms with Gasteiger partial charge in [-0.1, -0.05) is 24.3 Å². The van der Waals surface area contributed by atoms with Gasteiger partial charge in [0.15, 0.2) is 11.5 Å². The molecule has 1 aliphatic heterocycles. The van der Waals surface area contributed by atoms with Gasteiger partial charge in [-0.15, -0.1) is 0 Å². The lowest BCUT2D eigenvalue weighted by atomic mass is 10.1. The first-order valence-electron chi connectivity index (χ1n) is 6.27. The average molecular weight is 258 g/mol. The van der Waals surface area contributed by atoms with Crippen molar-refractivity contribution < 1.29 is 19.0 Å². The van der Waals surface area contributed by atoms with E-state index in [1.807, 2.05) is 36.4 Å². The van der Waals surface area contributed by atoms with Gasteiger partial charge in [0.1, 0.15) is 6.61 Å². The third-order valence-corrected chi connectivity index (χ3v) is 3.02. The number of carbonyl (C=O) groups is 1. The smallest absolute Gasteiger partial charge is 0.350 e. The summed E-state index contributed by atoms with van der Waals surface area (Å²) >= 11 is 0. The van der Waals surface area contributed by atoms with E-state index in [0.29, 0.717) is 18.1 Å². The van der Waals surface area contributed by atoms with Crippen molar-refractivity contribution in [3.8, 4) is 11.5 Å². The molecule has 19 heavy (non-hydrogen) atoms.